The maximum absolute atomic E-state index is 14.1. The molecule has 0 aliphatic rings. The molecule has 0 atom stereocenters. The number of nitrogens with zero attached hydrogens (tertiary/aromatic N) is 1. The van der Waals surface area contributed by atoms with Crippen molar-refractivity contribution in [2.75, 3.05) is 24.3 Å². The van der Waals surface area contributed by atoms with Crippen LogP contribution in [-0.2, 0) is 4.79 Å². The smallest absolute Gasteiger partial charge is 0.272 e. The number of hydrogen-bond donors (Lipinski definition) is 2. The summed E-state index contributed by atoms with van der Waals surface area (Å²) in [6, 6.07) is 18.1. The molecular formula is C25H23ClFN3O2. The summed E-state index contributed by atoms with van der Waals surface area (Å²) in [6.07, 6.45) is 1.54. The molecule has 0 spiro atoms. The van der Waals surface area contributed by atoms with Crippen LogP contribution in [0.1, 0.15) is 21.5 Å². The second kappa shape index (κ2) is 10.1. The predicted octanol–water partition coefficient (Wildman–Crippen LogP) is 5.26. The lowest BCUT2D eigenvalue weighted by molar-refractivity contribution is -0.113. The van der Waals surface area contributed by atoms with Crippen LogP contribution in [0, 0.1) is 12.7 Å². The summed E-state index contributed by atoms with van der Waals surface area (Å²) in [5.41, 5.74) is 2.82. The first kappa shape index (κ1) is 23.0. The van der Waals surface area contributed by atoms with Crippen molar-refractivity contribution in [1.29, 1.82) is 0 Å². The molecule has 0 radical (unpaired) electrons. The number of carbonyl (C=O) groups is 2. The van der Waals surface area contributed by atoms with E-state index in [2.05, 4.69) is 10.6 Å². The van der Waals surface area contributed by atoms with Gasteiger partial charge >= 0.3 is 0 Å². The van der Waals surface area contributed by atoms with Crippen molar-refractivity contribution in [3.8, 4) is 0 Å². The Morgan fingerprint density at radius 3 is 2.31 bits per heavy atom. The molecule has 0 aromatic heterocycles. The van der Waals surface area contributed by atoms with Crippen molar-refractivity contribution >= 4 is 40.9 Å². The Bertz CT molecular complexity index is 1170. The zero-order valence-electron chi connectivity index (χ0n) is 17.9. The van der Waals surface area contributed by atoms with Crippen LogP contribution in [0.2, 0.25) is 5.02 Å². The normalized spacial score (nSPS) is 11.1. The van der Waals surface area contributed by atoms with Crippen LogP contribution in [0.15, 0.2) is 72.4 Å². The number of nitrogens with one attached hydrogen (secondary N) is 2. The van der Waals surface area contributed by atoms with Gasteiger partial charge in [0.15, 0.2) is 0 Å². The fourth-order valence-electron chi connectivity index (χ4n) is 2.99. The van der Waals surface area contributed by atoms with Gasteiger partial charge in [0, 0.05) is 30.5 Å². The number of amides is 2. The van der Waals surface area contributed by atoms with Crippen LogP contribution in [0.5, 0.6) is 0 Å². The van der Waals surface area contributed by atoms with Gasteiger partial charge in [-0.05, 0) is 66.6 Å². The molecule has 0 heterocycles. The summed E-state index contributed by atoms with van der Waals surface area (Å²) in [4.78, 5) is 27.7. The molecular weight excluding hydrogens is 429 g/mol. The Kier molecular flexibility index (Phi) is 7.28. The lowest BCUT2D eigenvalue weighted by Gasteiger charge is -2.14. The average molecular weight is 452 g/mol. The van der Waals surface area contributed by atoms with E-state index in [-0.39, 0.29) is 11.3 Å². The number of rotatable bonds is 6. The number of carbonyl (C=O) groups excluding carboxylic acids is 2. The van der Waals surface area contributed by atoms with Gasteiger partial charge in [-0.15, -0.1) is 0 Å². The molecule has 164 valence electrons. The Hall–Kier alpha value is -3.64. The number of benzene rings is 3. The molecule has 0 saturated carbocycles. The summed E-state index contributed by atoms with van der Waals surface area (Å²) in [7, 11) is 3.85. The molecule has 3 aromatic carbocycles. The highest BCUT2D eigenvalue weighted by molar-refractivity contribution is 6.30. The third-order valence-electron chi connectivity index (χ3n) is 4.77. The van der Waals surface area contributed by atoms with Crippen molar-refractivity contribution in [2.24, 2.45) is 0 Å². The predicted molar refractivity (Wildman–Crippen MR) is 127 cm³/mol. The number of halogens is 2. The van der Waals surface area contributed by atoms with Crippen molar-refractivity contribution in [1.82, 2.24) is 5.32 Å². The van der Waals surface area contributed by atoms with Gasteiger partial charge in [0.25, 0.3) is 11.8 Å². The van der Waals surface area contributed by atoms with E-state index < -0.39 is 17.6 Å². The molecule has 0 unspecified atom stereocenters. The Balaban J connectivity index is 1.93. The second-order valence-corrected chi connectivity index (χ2v) is 7.83. The summed E-state index contributed by atoms with van der Waals surface area (Å²) in [5.74, 6) is -1.94. The topological polar surface area (TPSA) is 61.4 Å². The highest BCUT2D eigenvalue weighted by Crippen LogP contribution is 2.21. The van der Waals surface area contributed by atoms with Crippen LogP contribution < -0.4 is 15.5 Å². The zero-order chi connectivity index (χ0) is 23.3. The largest absolute Gasteiger partial charge is 0.378 e. The number of hydrogen-bond acceptors (Lipinski definition) is 3. The molecule has 0 saturated heterocycles. The molecule has 0 aliphatic heterocycles. The third-order valence-corrected chi connectivity index (χ3v) is 5.00. The van der Waals surface area contributed by atoms with Crippen molar-refractivity contribution in [3.63, 3.8) is 0 Å². The SMILES string of the molecule is Cc1cc(Cl)ccc1NC(=O)/C(=C/c1ccc(N(C)C)cc1)NC(=O)c1ccccc1F. The molecule has 0 aliphatic carbocycles. The van der Waals surface area contributed by atoms with E-state index in [1.807, 2.05) is 50.2 Å². The van der Waals surface area contributed by atoms with E-state index in [9.17, 15) is 14.0 Å². The Labute approximate surface area is 191 Å². The van der Waals surface area contributed by atoms with E-state index in [0.717, 1.165) is 11.3 Å². The monoisotopic (exact) mass is 451 g/mol. The maximum Gasteiger partial charge on any atom is 0.272 e. The fraction of sp³-hybridized carbons (Fsp3) is 0.120. The van der Waals surface area contributed by atoms with Crippen LogP contribution >= 0.6 is 11.6 Å². The van der Waals surface area contributed by atoms with Gasteiger partial charge in [-0.1, -0.05) is 35.9 Å². The molecule has 2 N–H and O–H groups in total. The van der Waals surface area contributed by atoms with Gasteiger partial charge in [0.05, 0.1) is 5.56 Å². The molecule has 7 heteroatoms. The van der Waals surface area contributed by atoms with E-state index in [0.29, 0.717) is 16.3 Å². The number of anilines is 2. The molecule has 5 nitrogen and oxygen atoms in total. The van der Waals surface area contributed by atoms with Crippen LogP contribution in [0.3, 0.4) is 0 Å². The lowest BCUT2D eigenvalue weighted by atomic mass is 10.1. The molecule has 0 fully saturated rings. The first-order valence-electron chi connectivity index (χ1n) is 9.87. The summed E-state index contributed by atoms with van der Waals surface area (Å²) in [6.45, 7) is 1.81. The molecule has 32 heavy (non-hydrogen) atoms. The van der Waals surface area contributed by atoms with Crippen LogP contribution in [0.4, 0.5) is 15.8 Å². The van der Waals surface area contributed by atoms with Crippen molar-refractivity contribution < 1.29 is 14.0 Å². The van der Waals surface area contributed by atoms with E-state index in [4.69, 9.17) is 11.6 Å². The molecule has 0 bridgehead atoms. The molecule has 3 rings (SSSR count). The third kappa shape index (κ3) is 5.74. The van der Waals surface area contributed by atoms with Crippen molar-refractivity contribution in [2.45, 2.75) is 6.92 Å². The van der Waals surface area contributed by atoms with Gasteiger partial charge < -0.3 is 15.5 Å². The average Bonchev–Trinajstić information content (AvgIpc) is 2.75. The van der Waals surface area contributed by atoms with Gasteiger partial charge in [0.2, 0.25) is 0 Å². The van der Waals surface area contributed by atoms with Gasteiger partial charge in [0.1, 0.15) is 11.5 Å². The fourth-order valence-corrected chi connectivity index (χ4v) is 3.21. The van der Waals surface area contributed by atoms with Gasteiger partial charge in [-0.2, -0.15) is 0 Å². The standard InChI is InChI=1S/C25H23ClFN3O2/c1-16-14-18(26)10-13-22(16)28-25(32)23(15-17-8-11-19(12-9-17)30(2)3)29-24(31)20-6-4-5-7-21(20)27/h4-15H,1-3H3,(H,28,32)(H,29,31)/b23-15-. The maximum atomic E-state index is 14.1. The van der Waals surface area contributed by atoms with Crippen molar-refractivity contribution in [3.05, 3.63) is 100.0 Å². The zero-order valence-corrected chi connectivity index (χ0v) is 18.7. The minimum atomic E-state index is -0.720. The Morgan fingerprint density at radius 2 is 1.69 bits per heavy atom. The second-order valence-electron chi connectivity index (χ2n) is 7.39. The van der Waals surface area contributed by atoms with Crippen LogP contribution in [0.25, 0.3) is 6.08 Å². The first-order chi connectivity index (χ1) is 15.2. The summed E-state index contributed by atoms with van der Waals surface area (Å²) < 4.78 is 14.1. The highest BCUT2D eigenvalue weighted by atomic mass is 35.5. The van der Waals surface area contributed by atoms with Gasteiger partial charge in [-0.3, -0.25) is 9.59 Å². The minimum absolute atomic E-state index is 0.0230. The number of aryl methyl sites for hydroxylation is 1. The Morgan fingerprint density at radius 1 is 1.00 bits per heavy atom. The molecule has 2 amide bonds. The first-order valence-corrected chi connectivity index (χ1v) is 10.2. The quantitative estimate of drug-likeness (QED) is 0.502. The van der Waals surface area contributed by atoms with E-state index in [1.54, 1.807) is 30.3 Å². The van der Waals surface area contributed by atoms with Crippen LogP contribution in [-0.4, -0.2) is 25.9 Å². The molecule has 3 aromatic rings. The van der Waals surface area contributed by atoms with E-state index >= 15 is 0 Å². The summed E-state index contributed by atoms with van der Waals surface area (Å²) in [5, 5.41) is 5.87. The summed E-state index contributed by atoms with van der Waals surface area (Å²) >= 11 is 5.99. The lowest BCUT2D eigenvalue weighted by Crippen LogP contribution is -2.31. The van der Waals surface area contributed by atoms with E-state index in [1.165, 1.54) is 18.2 Å². The highest BCUT2D eigenvalue weighted by Gasteiger charge is 2.18. The minimum Gasteiger partial charge on any atom is -0.378 e. The van der Waals surface area contributed by atoms with Gasteiger partial charge in [-0.25, -0.2) is 4.39 Å².